The lowest BCUT2D eigenvalue weighted by Gasteiger charge is -2.21. The first-order valence-corrected chi connectivity index (χ1v) is 15.5. The summed E-state index contributed by atoms with van der Waals surface area (Å²) in [5.41, 5.74) is 9.12. The van der Waals surface area contributed by atoms with Crippen molar-refractivity contribution in [2.75, 3.05) is 41.1 Å². The van der Waals surface area contributed by atoms with Gasteiger partial charge in [0.25, 0.3) is 0 Å². The van der Waals surface area contributed by atoms with Crippen molar-refractivity contribution in [2.24, 2.45) is 0 Å². The van der Waals surface area contributed by atoms with Gasteiger partial charge in [0.1, 0.15) is 17.6 Å². The molecule has 4 aromatic rings. The van der Waals surface area contributed by atoms with Gasteiger partial charge in [-0.05, 0) is 72.0 Å². The monoisotopic (exact) mass is 670 g/mol. The number of nitrogens with two attached hydrogens (primary N) is 1. The molecule has 1 atom stereocenters. The van der Waals surface area contributed by atoms with E-state index < -0.39 is 18.2 Å². The maximum atomic E-state index is 13.6. The van der Waals surface area contributed by atoms with Crippen LogP contribution in [0.25, 0.3) is 10.8 Å². The van der Waals surface area contributed by atoms with Crippen molar-refractivity contribution < 1.29 is 37.4 Å². The number of aliphatic carboxylic acids is 1. The Balaban J connectivity index is 0.000000644. The summed E-state index contributed by atoms with van der Waals surface area (Å²) >= 11 is 1.74. The fourth-order valence-corrected chi connectivity index (χ4v) is 5.48. The zero-order chi connectivity index (χ0) is 34.0. The van der Waals surface area contributed by atoms with Crippen LogP contribution in [0, 0.1) is 0 Å². The van der Waals surface area contributed by atoms with Gasteiger partial charge in [0.15, 0.2) is 0 Å². The highest BCUT2D eigenvalue weighted by Crippen LogP contribution is 2.28. The van der Waals surface area contributed by atoms with Gasteiger partial charge in [0.2, 0.25) is 5.91 Å². The van der Waals surface area contributed by atoms with Crippen LogP contribution < -0.4 is 26.4 Å². The minimum atomic E-state index is -5.08. The topological polar surface area (TPSA) is 159 Å². The summed E-state index contributed by atoms with van der Waals surface area (Å²) < 4.78 is 37.4. The number of thioether (sulfide) groups is 1. The van der Waals surface area contributed by atoms with Gasteiger partial charge in [-0.25, -0.2) is 14.6 Å². The number of nitrogens with zero attached hydrogens (tertiary/aromatic N) is 2. The van der Waals surface area contributed by atoms with Crippen molar-refractivity contribution in [2.45, 2.75) is 25.7 Å². The van der Waals surface area contributed by atoms with Crippen LogP contribution >= 0.6 is 11.8 Å². The Morgan fingerprint density at radius 2 is 1.83 bits per heavy atom. The summed E-state index contributed by atoms with van der Waals surface area (Å²) in [5, 5.41) is 18.3. The molecule has 0 radical (unpaired) electrons. The smallest absolute Gasteiger partial charge is 0.490 e. The molecule has 15 heteroatoms. The number of pyridine rings is 1. The van der Waals surface area contributed by atoms with Crippen LogP contribution in [0.5, 0.6) is 5.75 Å². The molecule has 3 aromatic carbocycles. The molecule has 6 N–H and O–H groups in total. The van der Waals surface area contributed by atoms with Gasteiger partial charge in [-0.1, -0.05) is 24.3 Å². The Morgan fingerprint density at radius 3 is 2.53 bits per heavy atom. The predicted molar refractivity (Wildman–Crippen MR) is 175 cm³/mol. The van der Waals surface area contributed by atoms with Gasteiger partial charge in [0, 0.05) is 41.8 Å². The molecule has 0 spiro atoms. The average Bonchev–Trinajstić information content (AvgIpc) is 3.59. The summed E-state index contributed by atoms with van der Waals surface area (Å²) in [6.07, 6.45) is -3.42. The number of aromatic nitrogens is 1. The Bertz CT molecular complexity index is 1720. The van der Waals surface area contributed by atoms with Crippen LogP contribution in [0.4, 0.5) is 35.2 Å². The van der Waals surface area contributed by atoms with Crippen molar-refractivity contribution in [3.63, 3.8) is 0 Å². The van der Waals surface area contributed by atoms with E-state index in [9.17, 15) is 22.8 Å². The number of urea groups is 1. The summed E-state index contributed by atoms with van der Waals surface area (Å²) in [7, 11) is 0. The van der Waals surface area contributed by atoms with Crippen LogP contribution in [0.1, 0.15) is 24.1 Å². The zero-order valence-corrected chi connectivity index (χ0v) is 26.0. The van der Waals surface area contributed by atoms with Gasteiger partial charge < -0.3 is 36.4 Å². The van der Waals surface area contributed by atoms with E-state index in [4.69, 9.17) is 20.4 Å². The Morgan fingerprint density at radius 1 is 1.06 bits per heavy atom. The van der Waals surface area contributed by atoms with E-state index in [1.165, 1.54) is 0 Å². The average molecular weight is 671 g/mol. The number of hydrogen-bond donors (Lipinski definition) is 5. The third-order valence-corrected chi connectivity index (χ3v) is 7.76. The first-order valence-electron chi connectivity index (χ1n) is 14.4. The number of carbonyl (C=O) groups is 3. The molecule has 5 rings (SSSR count). The fourth-order valence-electron chi connectivity index (χ4n) is 4.54. The number of nitrogens with one attached hydrogen (secondary N) is 3. The summed E-state index contributed by atoms with van der Waals surface area (Å²) in [4.78, 5) is 40.9. The Kier molecular flexibility index (Phi) is 11.7. The second-order valence-electron chi connectivity index (χ2n) is 10.2. The van der Waals surface area contributed by atoms with Crippen LogP contribution in [0.15, 0.2) is 79.0 Å². The van der Waals surface area contributed by atoms with Gasteiger partial charge in [-0.15, -0.1) is 11.8 Å². The number of carboxylic acids is 1. The van der Waals surface area contributed by atoms with Crippen LogP contribution in [0.2, 0.25) is 0 Å². The van der Waals surface area contributed by atoms with E-state index >= 15 is 0 Å². The lowest BCUT2D eigenvalue weighted by molar-refractivity contribution is -0.192. The largest absolute Gasteiger partial charge is 0.494 e. The minimum Gasteiger partial charge on any atom is -0.494 e. The lowest BCUT2D eigenvalue weighted by Crippen LogP contribution is -2.33. The number of hydrogen-bond acceptors (Lipinski definition) is 8. The third-order valence-electron chi connectivity index (χ3n) is 6.80. The highest BCUT2D eigenvalue weighted by molar-refractivity contribution is 7.99. The number of amides is 3. The third kappa shape index (κ3) is 9.90. The number of halogens is 3. The molecule has 11 nitrogen and oxygen atoms in total. The summed E-state index contributed by atoms with van der Waals surface area (Å²) in [6, 6.07) is 21.8. The van der Waals surface area contributed by atoms with E-state index in [1.54, 1.807) is 22.9 Å². The zero-order valence-electron chi connectivity index (χ0n) is 25.2. The number of rotatable bonds is 9. The number of anilines is 3. The van der Waals surface area contributed by atoms with Crippen LogP contribution in [-0.4, -0.2) is 63.9 Å². The summed E-state index contributed by atoms with van der Waals surface area (Å²) in [6.45, 7) is 3.49. The standard InChI is InChI=1S/C30H32N6O3S.C2HF3O2/c1-2-39-25-8-4-6-22(17-25)27(34-24-9-10-26-21(16-24)11-12-32-28(26)31)29(37)33-18-20-5-3-7-23(15-20)35-30(38)36-13-14-40-19-36;3-2(4,5)1(6)7/h3-12,15-17,27,34H,2,13-14,18-19H2,1H3,(H2,31,32)(H,33,37)(H,35,38);(H,6,7). The first-order chi connectivity index (χ1) is 22.4. The van der Waals surface area contributed by atoms with Gasteiger partial charge >= 0.3 is 18.2 Å². The number of ether oxygens (including phenoxy) is 1. The fraction of sp³-hybridized carbons (Fsp3) is 0.250. The normalized spacial score (nSPS) is 13.2. The quantitative estimate of drug-likeness (QED) is 0.147. The molecule has 1 aliphatic heterocycles. The number of nitrogen functional groups attached to an aromatic ring is 1. The Labute approximate surface area is 272 Å². The molecule has 248 valence electrons. The van der Waals surface area contributed by atoms with Gasteiger partial charge in [-0.2, -0.15) is 13.2 Å². The molecule has 0 bridgehead atoms. The number of benzene rings is 3. The SMILES string of the molecule is CCOc1cccc(C(Nc2ccc3c(N)nccc3c2)C(=O)NCc2cccc(NC(=O)N3CCSC3)c2)c1.O=C(O)C(F)(F)F. The molecular formula is C32H33F3N6O5S. The van der Waals surface area contributed by atoms with E-state index in [-0.39, 0.29) is 11.9 Å². The van der Waals surface area contributed by atoms with Crippen LogP contribution in [0.3, 0.4) is 0 Å². The number of alkyl halides is 3. The minimum absolute atomic E-state index is 0.113. The van der Waals surface area contributed by atoms with Gasteiger partial charge in [0.05, 0.1) is 12.5 Å². The number of fused-ring (bicyclic) bond motifs is 1. The molecular weight excluding hydrogens is 637 g/mol. The van der Waals surface area contributed by atoms with E-state index in [2.05, 4.69) is 20.9 Å². The van der Waals surface area contributed by atoms with E-state index in [1.807, 2.05) is 79.7 Å². The maximum absolute atomic E-state index is 13.6. The molecule has 2 heterocycles. The van der Waals surface area contributed by atoms with E-state index in [0.717, 1.165) is 39.9 Å². The van der Waals surface area contributed by atoms with Crippen molar-refractivity contribution in [3.05, 3.63) is 90.1 Å². The van der Waals surface area contributed by atoms with Crippen molar-refractivity contribution in [3.8, 4) is 5.75 Å². The molecule has 0 aliphatic carbocycles. The number of carboxylic acid groups (broad SMARTS) is 1. The molecule has 1 aromatic heterocycles. The van der Waals surface area contributed by atoms with Crippen molar-refractivity contribution in [1.29, 1.82) is 0 Å². The number of carbonyl (C=O) groups excluding carboxylic acids is 2. The lowest BCUT2D eigenvalue weighted by atomic mass is 10.0. The predicted octanol–water partition coefficient (Wildman–Crippen LogP) is 5.86. The molecule has 3 amide bonds. The highest BCUT2D eigenvalue weighted by atomic mass is 32.2. The molecule has 0 saturated carbocycles. The Hall–Kier alpha value is -5.18. The molecule has 1 unspecified atom stereocenters. The molecule has 1 fully saturated rings. The van der Waals surface area contributed by atoms with Crippen molar-refractivity contribution in [1.82, 2.24) is 15.2 Å². The molecule has 47 heavy (non-hydrogen) atoms. The second-order valence-corrected chi connectivity index (χ2v) is 11.2. The summed E-state index contributed by atoms with van der Waals surface area (Å²) in [5.74, 6) is -0.162. The van der Waals surface area contributed by atoms with Crippen molar-refractivity contribution >= 4 is 57.6 Å². The molecule has 1 aliphatic rings. The second kappa shape index (κ2) is 15.9. The van der Waals surface area contributed by atoms with E-state index in [0.29, 0.717) is 36.3 Å². The highest BCUT2D eigenvalue weighted by Gasteiger charge is 2.38. The maximum Gasteiger partial charge on any atom is 0.490 e. The first kappa shape index (κ1) is 34.7. The van der Waals surface area contributed by atoms with Gasteiger partial charge in [-0.3, -0.25) is 4.79 Å². The molecule has 1 saturated heterocycles. The van der Waals surface area contributed by atoms with Crippen LogP contribution in [-0.2, 0) is 16.1 Å².